The third-order valence-electron chi connectivity index (χ3n) is 7.62. The van der Waals surface area contributed by atoms with E-state index in [0.717, 1.165) is 18.4 Å². The molecule has 2 aliphatic rings. The average molecular weight is 480 g/mol. The van der Waals surface area contributed by atoms with E-state index < -0.39 is 5.60 Å². The number of benzene rings is 1. The van der Waals surface area contributed by atoms with Crippen LogP contribution in [0.5, 0.6) is 0 Å². The van der Waals surface area contributed by atoms with Crippen molar-refractivity contribution in [3.8, 4) is 0 Å². The van der Waals surface area contributed by atoms with Gasteiger partial charge in [0.2, 0.25) is 0 Å². The van der Waals surface area contributed by atoms with Crippen molar-refractivity contribution >= 4 is 16.9 Å². The number of aliphatic hydroxyl groups excluding tert-OH is 1. The Kier molecular flexibility index (Phi) is 6.73. The maximum atomic E-state index is 13.5. The Hall–Kier alpha value is -3.01. The number of likely N-dealkylation sites (tertiary alicyclic amines) is 1. The number of carbonyl (C=O) groups is 1. The number of aromatic nitrogens is 3. The van der Waals surface area contributed by atoms with Gasteiger partial charge >= 0.3 is 0 Å². The summed E-state index contributed by atoms with van der Waals surface area (Å²) in [4.78, 5) is 32.7. The molecule has 5 rings (SSSR count). The zero-order valence-corrected chi connectivity index (χ0v) is 19.8. The van der Waals surface area contributed by atoms with E-state index in [-0.39, 0.29) is 29.9 Å². The number of nitrogens with one attached hydrogen (secondary N) is 1. The molecule has 0 unspecified atom stereocenters. The van der Waals surface area contributed by atoms with Crippen molar-refractivity contribution in [1.82, 2.24) is 24.3 Å². The van der Waals surface area contributed by atoms with Crippen LogP contribution in [0.15, 0.2) is 53.7 Å². The lowest BCUT2D eigenvalue weighted by Gasteiger charge is -2.43. The summed E-state index contributed by atoms with van der Waals surface area (Å²) in [7, 11) is 0. The van der Waals surface area contributed by atoms with Crippen LogP contribution < -0.4 is 10.9 Å². The van der Waals surface area contributed by atoms with Crippen molar-refractivity contribution in [2.75, 3.05) is 32.8 Å². The van der Waals surface area contributed by atoms with E-state index in [1.165, 1.54) is 0 Å². The van der Waals surface area contributed by atoms with Gasteiger partial charge in [0.15, 0.2) is 5.60 Å². The Balaban J connectivity index is 1.25. The molecule has 2 aromatic heterocycles. The summed E-state index contributed by atoms with van der Waals surface area (Å²) in [5.41, 5.74) is 0.0666. The van der Waals surface area contributed by atoms with E-state index >= 15 is 0 Å². The maximum Gasteiger partial charge on any atom is 0.262 e. The standard InChI is InChI=1S/C26H33N5O4/c32-15-14-29-13-8-21-23(29)28-18-31(24(21)33)17-19-6-11-30(12-7-19)25(34)26(35)9-10-27-16-22(26)20-4-2-1-3-5-20/h1-5,8,13,18-19,22,27,32,35H,6-7,9-12,14-17H2/t22-,26+/m0/s1. The minimum absolute atomic E-state index is 0.0103. The predicted molar refractivity (Wildman–Crippen MR) is 132 cm³/mol. The lowest BCUT2D eigenvalue weighted by atomic mass is 9.76. The number of hydrogen-bond donors (Lipinski definition) is 3. The second-order valence-electron chi connectivity index (χ2n) is 9.75. The van der Waals surface area contributed by atoms with E-state index in [2.05, 4.69) is 10.3 Å². The minimum atomic E-state index is -1.41. The summed E-state index contributed by atoms with van der Waals surface area (Å²) in [6.45, 7) is 3.26. The van der Waals surface area contributed by atoms with Gasteiger partial charge in [-0.05, 0) is 43.4 Å². The first-order valence-corrected chi connectivity index (χ1v) is 12.4. The van der Waals surface area contributed by atoms with Crippen LogP contribution in [0.25, 0.3) is 11.0 Å². The Morgan fingerprint density at radius 1 is 1.14 bits per heavy atom. The molecule has 2 atom stereocenters. The van der Waals surface area contributed by atoms with Crippen LogP contribution in [-0.2, 0) is 17.9 Å². The lowest BCUT2D eigenvalue weighted by Crippen LogP contribution is -2.59. The first-order valence-electron chi connectivity index (χ1n) is 12.4. The largest absolute Gasteiger partial charge is 0.395 e. The first kappa shape index (κ1) is 23.7. The van der Waals surface area contributed by atoms with E-state index in [4.69, 9.17) is 0 Å². The molecular formula is C26H33N5O4. The fourth-order valence-corrected chi connectivity index (χ4v) is 5.60. The van der Waals surface area contributed by atoms with E-state index in [9.17, 15) is 19.8 Å². The van der Waals surface area contributed by atoms with Gasteiger partial charge in [0.1, 0.15) is 5.65 Å². The van der Waals surface area contributed by atoms with E-state index in [1.54, 1.807) is 32.6 Å². The highest BCUT2D eigenvalue weighted by Crippen LogP contribution is 2.36. The summed E-state index contributed by atoms with van der Waals surface area (Å²) in [5.74, 6) is -0.211. The van der Waals surface area contributed by atoms with Crippen molar-refractivity contribution in [1.29, 1.82) is 0 Å². The molecule has 2 aliphatic heterocycles. The number of nitrogens with zero attached hydrogens (tertiary/aromatic N) is 4. The Labute approximate surface area is 204 Å². The number of rotatable bonds is 6. The van der Waals surface area contributed by atoms with Crippen LogP contribution in [0, 0.1) is 5.92 Å². The molecule has 2 fully saturated rings. The van der Waals surface area contributed by atoms with Crippen LogP contribution in [0.2, 0.25) is 0 Å². The summed E-state index contributed by atoms with van der Waals surface area (Å²) in [5, 5.41) is 24.6. The molecule has 0 saturated carbocycles. The van der Waals surface area contributed by atoms with Crippen molar-refractivity contribution in [3.05, 3.63) is 64.8 Å². The quantitative estimate of drug-likeness (QED) is 0.485. The molecule has 4 heterocycles. The molecule has 1 aromatic carbocycles. The molecular weight excluding hydrogens is 446 g/mol. The van der Waals surface area contributed by atoms with Gasteiger partial charge in [-0.25, -0.2) is 4.98 Å². The highest BCUT2D eigenvalue weighted by Gasteiger charge is 2.48. The number of fused-ring (bicyclic) bond motifs is 1. The highest BCUT2D eigenvalue weighted by molar-refractivity contribution is 5.86. The van der Waals surface area contributed by atoms with Crippen molar-refractivity contribution in [3.63, 3.8) is 0 Å². The van der Waals surface area contributed by atoms with Crippen molar-refractivity contribution in [2.45, 2.75) is 43.9 Å². The van der Waals surface area contributed by atoms with Gasteiger partial charge in [-0.1, -0.05) is 30.3 Å². The smallest absolute Gasteiger partial charge is 0.262 e. The summed E-state index contributed by atoms with van der Waals surface area (Å²) in [6, 6.07) is 11.5. The molecule has 9 heteroatoms. The van der Waals surface area contributed by atoms with Crippen LogP contribution in [0.1, 0.15) is 30.7 Å². The second kappa shape index (κ2) is 9.93. The topological polar surface area (TPSA) is 113 Å². The Bertz CT molecular complexity index is 1230. The van der Waals surface area contributed by atoms with Crippen molar-refractivity contribution < 1.29 is 15.0 Å². The van der Waals surface area contributed by atoms with Gasteiger partial charge in [-0.3, -0.25) is 14.2 Å². The molecule has 0 bridgehead atoms. The number of carbonyl (C=O) groups excluding carboxylic acids is 1. The zero-order valence-electron chi connectivity index (χ0n) is 19.8. The highest BCUT2D eigenvalue weighted by atomic mass is 16.3. The predicted octanol–water partition coefficient (Wildman–Crippen LogP) is 0.937. The molecule has 1 amide bonds. The van der Waals surface area contributed by atoms with Gasteiger partial charge in [0.05, 0.1) is 18.3 Å². The average Bonchev–Trinajstić information content (AvgIpc) is 3.30. The monoisotopic (exact) mass is 479 g/mol. The third kappa shape index (κ3) is 4.51. The lowest BCUT2D eigenvalue weighted by molar-refractivity contribution is -0.158. The molecule has 3 N–H and O–H groups in total. The fourth-order valence-electron chi connectivity index (χ4n) is 5.60. The first-order chi connectivity index (χ1) is 17.0. The normalized spacial score (nSPS) is 23.6. The molecule has 0 spiro atoms. The fraction of sp³-hybridized carbons (Fsp3) is 0.500. The number of piperidine rings is 2. The van der Waals surface area contributed by atoms with Gasteiger partial charge in [0, 0.05) is 44.8 Å². The number of amides is 1. The van der Waals surface area contributed by atoms with Crippen LogP contribution in [-0.4, -0.2) is 73.5 Å². The Morgan fingerprint density at radius 3 is 2.66 bits per heavy atom. The molecule has 2 saturated heterocycles. The molecule has 186 valence electrons. The van der Waals surface area contributed by atoms with Crippen molar-refractivity contribution in [2.24, 2.45) is 5.92 Å². The van der Waals surface area contributed by atoms with E-state index in [1.807, 2.05) is 30.3 Å². The van der Waals surface area contributed by atoms with Crippen LogP contribution in [0.4, 0.5) is 0 Å². The SMILES string of the molecule is O=C(N1CCC(Cn2cnc3c(ccn3CCO)c2=O)CC1)[C@@]1(O)CCNC[C@H]1c1ccccc1. The molecule has 35 heavy (non-hydrogen) atoms. The van der Waals surface area contributed by atoms with Gasteiger partial charge in [-0.2, -0.15) is 0 Å². The van der Waals surface area contributed by atoms with E-state index in [0.29, 0.717) is 56.7 Å². The second-order valence-corrected chi connectivity index (χ2v) is 9.75. The minimum Gasteiger partial charge on any atom is -0.395 e. The third-order valence-corrected chi connectivity index (χ3v) is 7.62. The number of hydrogen-bond acceptors (Lipinski definition) is 6. The van der Waals surface area contributed by atoms with Gasteiger partial charge in [-0.15, -0.1) is 0 Å². The van der Waals surface area contributed by atoms with Crippen LogP contribution in [0.3, 0.4) is 0 Å². The zero-order chi connectivity index (χ0) is 24.4. The maximum absolute atomic E-state index is 13.5. The van der Waals surface area contributed by atoms with Gasteiger partial charge in [0.25, 0.3) is 11.5 Å². The summed E-state index contributed by atoms with van der Waals surface area (Å²) >= 11 is 0. The summed E-state index contributed by atoms with van der Waals surface area (Å²) in [6.07, 6.45) is 5.29. The summed E-state index contributed by atoms with van der Waals surface area (Å²) < 4.78 is 3.43. The molecule has 0 radical (unpaired) electrons. The molecule has 3 aromatic rings. The number of aliphatic hydroxyl groups is 2. The Morgan fingerprint density at radius 2 is 1.91 bits per heavy atom. The van der Waals surface area contributed by atoms with Gasteiger partial charge < -0.3 is 25.0 Å². The molecule has 9 nitrogen and oxygen atoms in total. The molecule has 0 aliphatic carbocycles. The van der Waals surface area contributed by atoms with Crippen LogP contribution >= 0.6 is 0 Å².